The molecule has 0 atom stereocenters. The quantitative estimate of drug-likeness (QED) is 0.832. The zero-order valence-corrected chi connectivity index (χ0v) is 9.61. The van der Waals surface area contributed by atoms with E-state index in [4.69, 9.17) is 11.6 Å². The lowest BCUT2D eigenvalue weighted by atomic mass is 10.0. The highest BCUT2D eigenvalue weighted by molar-refractivity contribution is 6.30. The van der Waals surface area contributed by atoms with Gasteiger partial charge in [-0.25, -0.2) is 4.39 Å². The van der Waals surface area contributed by atoms with Gasteiger partial charge in [0.25, 0.3) is 0 Å². The van der Waals surface area contributed by atoms with Crippen molar-refractivity contribution in [1.29, 1.82) is 0 Å². The fraction of sp³-hybridized carbons (Fsp3) is 0.182. The highest BCUT2D eigenvalue weighted by atomic mass is 35.5. The van der Waals surface area contributed by atoms with Gasteiger partial charge in [0.15, 0.2) is 5.15 Å². The molecule has 1 aromatic carbocycles. The molecule has 0 saturated heterocycles. The second-order valence-electron chi connectivity index (χ2n) is 3.63. The van der Waals surface area contributed by atoms with Crippen LogP contribution in [0.3, 0.4) is 0 Å². The summed E-state index contributed by atoms with van der Waals surface area (Å²) in [6.45, 7) is 0. The number of aromatic nitrogens is 2. The van der Waals surface area contributed by atoms with E-state index in [0.29, 0.717) is 0 Å². The fourth-order valence-corrected chi connectivity index (χ4v) is 1.77. The van der Waals surface area contributed by atoms with Crippen LogP contribution in [0.2, 0.25) is 5.15 Å². The second kappa shape index (κ2) is 4.61. The standard InChI is InChI=1S/C11H7ClF4N2/c12-10-7(9(17-18-10)11(14,15)16)5-6-3-1-2-4-8(6)13/h1-4H,5H2,(H,17,18). The highest BCUT2D eigenvalue weighted by Crippen LogP contribution is 2.34. The zero-order valence-electron chi connectivity index (χ0n) is 8.85. The average Bonchev–Trinajstić information content (AvgIpc) is 2.63. The molecule has 0 aliphatic rings. The number of hydrogen-bond donors (Lipinski definition) is 1. The average molecular weight is 279 g/mol. The second-order valence-corrected chi connectivity index (χ2v) is 3.99. The molecule has 0 radical (unpaired) electrons. The molecule has 0 spiro atoms. The maximum absolute atomic E-state index is 13.4. The van der Waals surface area contributed by atoms with Gasteiger partial charge in [-0.05, 0) is 11.6 Å². The Morgan fingerprint density at radius 1 is 1.22 bits per heavy atom. The van der Waals surface area contributed by atoms with Crippen molar-refractivity contribution >= 4 is 11.6 Å². The number of H-pyrrole nitrogens is 1. The van der Waals surface area contributed by atoms with Crippen molar-refractivity contribution < 1.29 is 17.6 Å². The number of nitrogens with one attached hydrogen (secondary N) is 1. The van der Waals surface area contributed by atoms with Gasteiger partial charge in [-0.1, -0.05) is 29.8 Å². The van der Waals surface area contributed by atoms with Crippen molar-refractivity contribution in [2.75, 3.05) is 0 Å². The first-order valence-electron chi connectivity index (χ1n) is 4.93. The van der Waals surface area contributed by atoms with Gasteiger partial charge in [-0.2, -0.15) is 18.3 Å². The molecular weight excluding hydrogens is 272 g/mol. The SMILES string of the molecule is Fc1ccccc1Cc1c(Cl)n[nH]c1C(F)(F)F. The van der Waals surface area contributed by atoms with Crippen LogP contribution in [0.5, 0.6) is 0 Å². The van der Waals surface area contributed by atoms with Crippen molar-refractivity contribution in [1.82, 2.24) is 10.2 Å². The van der Waals surface area contributed by atoms with E-state index >= 15 is 0 Å². The third-order valence-electron chi connectivity index (χ3n) is 2.43. The van der Waals surface area contributed by atoms with E-state index in [0.717, 1.165) is 0 Å². The Hall–Kier alpha value is -1.56. The van der Waals surface area contributed by atoms with E-state index in [1.807, 2.05) is 5.10 Å². The van der Waals surface area contributed by atoms with Crippen LogP contribution in [0.4, 0.5) is 17.6 Å². The van der Waals surface area contributed by atoms with Crippen LogP contribution in [0.15, 0.2) is 24.3 Å². The van der Waals surface area contributed by atoms with Crippen LogP contribution in [-0.4, -0.2) is 10.2 Å². The lowest BCUT2D eigenvalue weighted by molar-refractivity contribution is -0.141. The van der Waals surface area contributed by atoms with Gasteiger partial charge >= 0.3 is 6.18 Å². The normalized spacial score (nSPS) is 11.8. The third-order valence-corrected chi connectivity index (χ3v) is 2.74. The monoisotopic (exact) mass is 278 g/mol. The van der Waals surface area contributed by atoms with Crippen molar-refractivity contribution in [2.24, 2.45) is 0 Å². The van der Waals surface area contributed by atoms with Gasteiger partial charge in [0.05, 0.1) is 0 Å². The van der Waals surface area contributed by atoms with Crippen molar-refractivity contribution in [3.05, 3.63) is 52.1 Å². The van der Waals surface area contributed by atoms with Crippen LogP contribution in [0.1, 0.15) is 16.8 Å². The molecule has 7 heteroatoms. The van der Waals surface area contributed by atoms with Gasteiger partial charge in [0.2, 0.25) is 0 Å². The lowest BCUT2D eigenvalue weighted by Gasteiger charge is -2.07. The highest BCUT2D eigenvalue weighted by Gasteiger charge is 2.37. The molecular formula is C11H7ClF4N2. The number of hydrogen-bond acceptors (Lipinski definition) is 1. The molecule has 2 nitrogen and oxygen atoms in total. The molecule has 1 heterocycles. The predicted molar refractivity (Wildman–Crippen MR) is 57.8 cm³/mol. The molecule has 0 aliphatic carbocycles. The molecule has 2 aromatic rings. The number of halogens is 5. The maximum Gasteiger partial charge on any atom is 0.433 e. The Bertz CT molecular complexity index is 562. The first-order chi connectivity index (χ1) is 8.39. The molecule has 1 aromatic heterocycles. The summed E-state index contributed by atoms with van der Waals surface area (Å²) >= 11 is 5.59. The Kier molecular flexibility index (Phi) is 3.30. The maximum atomic E-state index is 13.4. The number of aromatic amines is 1. The van der Waals surface area contributed by atoms with Gasteiger partial charge in [-0.3, -0.25) is 5.10 Å². The number of alkyl halides is 3. The number of nitrogens with zero attached hydrogens (tertiary/aromatic N) is 1. The molecule has 2 rings (SSSR count). The summed E-state index contributed by atoms with van der Waals surface area (Å²) < 4.78 is 51.3. The van der Waals surface area contributed by atoms with E-state index in [9.17, 15) is 17.6 Å². The molecule has 0 fully saturated rings. The minimum absolute atomic E-state index is 0.131. The Morgan fingerprint density at radius 2 is 1.89 bits per heavy atom. The number of rotatable bonds is 2. The topological polar surface area (TPSA) is 28.7 Å². The number of benzene rings is 1. The van der Waals surface area contributed by atoms with E-state index in [-0.39, 0.29) is 22.7 Å². The molecule has 18 heavy (non-hydrogen) atoms. The molecule has 0 unspecified atom stereocenters. The van der Waals surface area contributed by atoms with Crippen LogP contribution in [0.25, 0.3) is 0 Å². The predicted octanol–water partition coefficient (Wildman–Crippen LogP) is 3.81. The molecule has 0 bridgehead atoms. The molecule has 0 saturated carbocycles. The Balaban J connectivity index is 2.41. The molecule has 0 amide bonds. The first kappa shape index (κ1) is 12.9. The van der Waals surface area contributed by atoms with Crippen LogP contribution in [0, 0.1) is 5.82 Å². The van der Waals surface area contributed by atoms with Gasteiger partial charge in [0, 0.05) is 12.0 Å². The summed E-state index contributed by atoms with van der Waals surface area (Å²) in [5.41, 5.74) is -1.17. The zero-order chi connectivity index (χ0) is 13.3. The molecule has 96 valence electrons. The summed E-state index contributed by atoms with van der Waals surface area (Å²) in [7, 11) is 0. The minimum Gasteiger partial charge on any atom is -0.272 e. The van der Waals surface area contributed by atoms with Gasteiger partial charge in [0.1, 0.15) is 11.5 Å². The van der Waals surface area contributed by atoms with Crippen molar-refractivity contribution in [3.8, 4) is 0 Å². The largest absolute Gasteiger partial charge is 0.433 e. The smallest absolute Gasteiger partial charge is 0.272 e. The molecule has 0 aliphatic heterocycles. The van der Waals surface area contributed by atoms with Crippen molar-refractivity contribution in [3.63, 3.8) is 0 Å². The summed E-state index contributed by atoms with van der Waals surface area (Å²) in [6, 6.07) is 5.58. The van der Waals surface area contributed by atoms with Crippen LogP contribution in [-0.2, 0) is 12.6 Å². The Morgan fingerprint density at radius 3 is 2.50 bits per heavy atom. The van der Waals surface area contributed by atoms with E-state index in [1.54, 1.807) is 6.07 Å². The Labute approximate surface area is 105 Å². The van der Waals surface area contributed by atoms with Crippen molar-refractivity contribution in [2.45, 2.75) is 12.6 Å². The van der Waals surface area contributed by atoms with Crippen LogP contribution >= 0.6 is 11.6 Å². The summed E-state index contributed by atoms with van der Waals surface area (Å²) in [6.07, 6.45) is -4.86. The van der Waals surface area contributed by atoms with E-state index < -0.39 is 17.7 Å². The summed E-state index contributed by atoms with van der Waals surface area (Å²) in [5.74, 6) is -0.581. The minimum atomic E-state index is -4.60. The van der Waals surface area contributed by atoms with E-state index in [2.05, 4.69) is 5.10 Å². The summed E-state index contributed by atoms with van der Waals surface area (Å²) in [5, 5.41) is 4.83. The van der Waals surface area contributed by atoms with Crippen LogP contribution < -0.4 is 0 Å². The van der Waals surface area contributed by atoms with Gasteiger partial charge in [-0.15, -0.1) is 0 Å². The van der Waals surface area contributed by atoms with E-state index in [1.165, 1.54) is 18.2 Å². The van der Waals surface area contributed by atoms with Gasteiger partial charge < -0.3 is 0 Å². The third kappa shape index (κ3) is 2.48. The fourth-order valence-electron chi connectivity index (χ4n) is 1.57. The lowest BCUT2D eigenvalue weighted by Crippen LogP contribution is -2.09. The summed E-state index contributed by atoms with van der Waals surface area (Å²) in [4.78, 5) is 0. The molecule has 1 N–H and O–H groups in total. The first-order valence-corrected chi connectivity index (χ1v) is 5.30.